The zero-order valence-corrected chi connectivity index (χ0v) is 13.2. The van der Waals surface area contributed by atoms with E-state index in [4.69, 9.17) is 11.6 Å². The van der Waals surface area contributed by atoms with Crippen LogP contribution < -0.4 is 5.32 Å². The highest BCUT2D eigenvalue weighted by Crippen LogP contribution is 2.30. The number of hydrogen-bond donors (Lipinski definition) is 1. The number of nitro benzene ring substituents is 1. The molecule has 0 atom stereocenters. The fourth-order valence-corrected chi connectivity index (χ4v) is 3.28. The van der Waals surface area contributed by atoms with Gasteiger partial charge in [-0.05, 0) is 40.5 Å². The molecule has 0 bridgehead atoms. The zero-order valence-electron chi connectivity index (χ0n) is 10.0. The summed E-state index contributed by atoms with van der Waals surface area (Å²) in [6.45, 7) is 0.496. The van der Waals surface area contributed by atoms with Crippen molar-refractivity contribution in [2.75, 3.05) is 11.9 Å². The minimum atomic E-state index is -0.800. The molecule has 0 radical (unpaired) electrons. The van der Waals surface area contributed by atoms with Crippen LogP contribution in [0.4, 0.5) is 15.8 Å². The molecule has 20 heavy (non-hydrogen) atoms. The number of benzene rings is 1. The molecule has 0 unspecified atom stereocenters. The van der Waals surface area contributed by atoms with E-state index >= 15 is 0 Å². The molecule has 0 aliphatic heterocycles. The van der Waals surface area contributed by atoms with E-state index in [1.807, 2.05) is 12.1 Å². The Hall–Kier alpha value is -1.18. The van der Waals surface area contributed by atoms with Gasteiger partial charge in [-0.2, -0.15) is 0 Å². The van der Waals surface area contributed by atoms with E-state index in [1.54, 1.807) is 11.3 Å². The standard InChI is InChI=1S/C12H9BrClFN2O2S/c13-12-2-1-7(20-12)3-4-16-10-5-8(14)9(15)6-11(10)17(18)19/h1-2,5-6,16H,3-4H2. The molecule has 1 N–H and O–H groups in total. The summed E-state index contributed by atoms with van der Waals surface area (Å²) in [7, 11) is 0. The molecule has 8 heteroatoms. The van der Waals surface area contributed by atoms with E-state index in [-0.39, 0.29) is 16.4 Å². The third-order valence-electron chi connectivity index (χ3n) is 2.55. The van der Waals surface area contributed by atoms with Crippen molar-refractivity contribution in [3.8, 4) is 0 Å². The highest BCUT2D eigenvalue weighted by molar-refractivity contribution is 9.11. The van der Waals surface area contributed by atoms with Gasteiger partial charge >= 0.3 is 0 Å². The first-order valence-corrected chi connectivity index (χ1v) is 7.57. The maximum absolute atomic E-state index is 13.2. The lowest BCUT2D eigenvalue weighted by Crippen LogP contribution is -2.06. The van der Waals surface area contributed by atoms with Gasteiger partial charge in [-0.15, -0.1) is 11.3 Å². The van der Waals surface area contributed by atoms with Gasteiger partial charge in [-0.3, -0.25) is 10.1 Å². The van der Waals surface area contributed by atoms with Crippen molar-refractivity contribution in [3.05, 3.63) is 53.9 Å². The summed E-state index contributed by atoms with van der Waals surface area (Å²) in [5.74, 6) is -0.800. The Kier molecular flexibility index (Phi) is 4.95. The highest BCUT2D eigenvalue weighted by atomic mass is 79.9. The summed E-state index contributed by atoms with van der Waals surface area (Å²) in [5.41, 5.74) is -0.101. The molecule has 0 saturated heterocycles. The van der Waals surface area contributed by atoms with E-state index in [0.717, 1.165) is 14.7 Å². The third-order valence-corrected chi connectivity index (χ3v) is 4.52. The quantitative estimate of drug-likeness (QED) is 0.596. The van der Waals surface area contributed by atoms with Gasteiger partial charge in [0.15, 0.2) is 0 Å². The van der Waals surface area contributed by atoms with Crippen LogP contribution in [0.25, 0.3) is 0 Å². The fraction of sp³-hybridized carbons (Fsp3) is 0.167. The lowest BCUT2D eigenvalue weighted by atomic mass is 10.2. The molecule has 4 nitrogen and oxygen atoms in total. The Bertz CT molecular complexity index is 650. The summed E-state index contributed by atoms with van der Waals surface area (Å²) < 4.78 is 14.3. The molecule has 0 fully saturated rings. The Morgan fingerprint density at radius 3 is 2.80 bits per heavy atom. The summed E-state index contributed by atoms with van der Waals surface area (Å²) in [6.07, 6.45) is 0.711. The molecular formula is C12H9BrClFN2O2S. The number of nitrogens with zero attached hydrogens (tertiary/aromatic N) is 1. The molecule has 0 aliphatic carbocycles. The molecule has 0 spiro atoms. The molecule has 2 aromatic rings. The largest absolute Gasteiger partial charge is 0.379 e. The van der Waals surface area contributed by atoms with Gasteiger partial charge in [0.1, 0.15) is 11.5 Å². The first kappa shape index (κ1) is 15.2. The van der Waals surface area contributed by atoms with Crippen LogP contribution in [-0.4, -0.2) is 11.5 Å². The van der Waals surface area contributed by atoms with E-state index < -0.39 is 10.7 Å². The number of thiophene rings is 1. The lowest BCUT2D eigenvalue weighted by molar-refractivity contribution is -0.384. The van der Waals surface area contributed by atoms with Gasteiger partial charge in [0.2, 0.25) is 0 Å². The van der Waals surface area contributed by atoms with E-state index in [2.05, 4.69) is 21.2 Å². The van der Waals surface area contributed by atoms with Gasteiger partial charge < -0.3 is 5.32 Å². The number of rotatable bonds is 5. The molecule has 0 aliphatic rings. The van der Waals surface area contributed by atoms with Crippen LogP contribution in [-0.2, 0) is 6.42 Å². The molecule has 1 heterocycles. The predicted molar refractivity (Wildman–Crippen MR) is 82.3 cm³/mol. The van der Waals surface area contributed by atoms with Crippen molar-refractivity contribution in [1.29, 1.82) is 0 Å². The van der Waals surface area contributed by atoms with Crippen molar-refractivity contribution < 1.29 is 9.31 Å². The van der Waals surface area contributed by atoms with E-state index in [9.17, 15) is 14.5 Å². The summed E-state index contributed by atoms with van der Waals surface area (Å²) >= 11 is 10.6. The molecule has 1 aromatic carbocycles. The molecule has 0 saturated carbocycles. The van der Waals surface area contributed by atoms with Crippen molar-refractivity contribution >= 4 is 50.2 Å². The molecule has 0 amide bonds. The van der Waals surface area contributed by atoms with Crippen molar-refractivity contribution in [2.45, 2.75) is 6.42 Å². The average Bonchev–Trinajstić information content (AvgIpc) is 2.79. The van der Waals surface area contributed by atoms with Crippen LogP contribution >= 0.6 is 38.9 Å². The van der Waals surface area contributed by atoms with Gasteiger partial charge in [0, 0.05) is 11.4 Å². The maximum atomic E-state index is 13.2. The maximum Gasteiger partial charge on any atom is 0.295 e. The minimum absolute atomic E-state index is 0.142. The number of halogens is 3. The second-order valence-electron chi connectivity index (χ2n) is 3.92. The second kappa shape index (κ2) is 6.51. The first-order chi connectivity index (χ1) is 9.47. The summed E-state index contributed by atoms with van der Waals surface area (Å²) in [4.78, 5) is 11.4. The Morgan fingerprint density at radius 2 is 2.20 bits per heavy atom. The molecule has 1 aromatic heterocycles. The lowest BCUT2D eigenvalue weighted by Gasteiger charge is -2.07. The monoisotopic (exact) mass is 378 g/mol. The van der Waals surface area contributed by atoms with Crippen LogP contribution in [0.3, 0.4) is 0 Å². The van der Waals surface area contributed by atoms with Gasteiger partial charge in [-0.1, -0.05) is 11.6 Å². The SMILES string of the molecule is O=[N+]([O-])c1cc(F)c(Cl)cc1NCCc1ccc(Br)s1. The Morgan fingerprint density at radius 1 is 1.45 bits per heavy atom. The fourth-order valence-electron chi connectivity index (χ4n) is 1.64. The van der Waals surface area contributed by atoms with Crippen molar-refractivity contribution in [3.63, 3.8) is 0 Å². The number of hydrogen-bond acceptors (Lipinski definition) is 4. The van der Waals surface area contributed by atoms with Crippen LogP contribution in [0.5, 0.6) is 0 Å². The van der Waals surface area contributed by atoms with E-state index in [0.29, 0.717) is 13.0 Å². The van der Waals surface area contributed by atoms with Crippen LogP contribution in [0.1, 0.15) is 4.88 Å². The number of anilines is 1. The van der Waals surface area contributed by atoms with Crippen molar-refractivity contribution in [1.82, 2.24) is 0 Å². The number of nitro groups is 1. The van der Waals surface area contributed by atoms with E-state index in [1.165, 1.54) is 6.07 Å². The van der Waals surface area contributed by atoms with Gasteiger partial charge in [-0.25, -0.2) is 4.39 Å². The Labute approximate surface area is 131 Å². The van der Waals surface area contributed by atoms with Crippen LogP contribution in [0.15, 0.2) is 28.1 Å². The van der Waals surface area contributed by atoms with Crippen molar-refractivity contribution in [2.24, 2.45) is 0 Å². The highest BCUT2D eigenvalue weighted by Gasteiger charge is 2.17. The zero-order chi connectivity index (χ0) is 14.7. The number of nitrogens with one attached hydrogen (secondary N) is 1. The topological polar surface area (TPSA) is 55.2 Å². The van der Waals surface area contributed by atoms with Crippen LogP contribution in [0.2, 0.25) is 5.02 Å². The van der Waals surface area contributed by atoms with Gasteiger partial charge in [0.25, 0.3) is 5.69 Å². The normalized spacial score (nSPS) is 10.6. The summed E-state index contributed by atoms with van der Waals surface area (Å²) in [6, 6.07) is 5.98. The molecule has 106 valence electrons. The average molecular weight is 380 g/mol. The third kappa shape index (κ3) is 3.68. The Balaban J connectivity index is 2.08. The molecule has 2 rings (SSSR count). The predicted octanol–water partition coefficient (Wildman–Crippen LogP) is 4.87. The second-order valence-corrected chi connectivity index (χ2v) is 6.88. The smallest absolute Gasteiger partial charge is 0.295 e. The molecular weight excluding hydrogens is 371 g/mol. The first-order valence-electron chi connectivity index (χ1n) is 5.59. The minimum Gasteiger partial charge on any atom is -0.379 e. The van der Waals surface area contributed by atoms with Gasteiger partial charge in [0.05, 0.1) is 19.8 Å². The van der Waals surface area contributed by atoms with Crippen LogP contribution in [0, 0.1) is 15.9 Å². The summed E-state index contributed by atoms with van der Waals surface area (Å²) in [5, 5.41) is 13.7.